The van der Waals surface area contributed by atoms with E-state index in [1.807, 2.05) is 37.3 Å². The van der Waals surface area contributed by atoms with Crippen molar-refractivity contribution in [2.24, 2.45) is 0 Å². The number of amides is 2. The summed E-state index contributed by atoms with van der Waals surface area (Å²) in [6.07, 6.45) is 4.72. The van der Waals surface area contributed by atoms with Gasteiger partial charge in [0.2, 0.25) is 0 Å². The van der Waals surface area contributed by atoms with Crippen LogP contribution in [0.4, 0.5) is 0 Å². The number of nitrogens with zero attached hydrogens (tertiary/aromatic N) is 3. The molecule has 3 rings (SSSR count). The summed E-state index contributed by atoms with van der Waals surface area (Å²) in [6.45, 7) is 5.72. The zero-order valence-electron chi connectivity index (χ0n) is 13.6. The minimum Gasteiger partial charge on any atom is -0.298 e. The van der Waals surface area contributed by atoms with Gasteiger partial charge in [-0.3, -0.25) is 19.8 Å². The molecule has 126 valence electrons. The second kappa shape index (κ2) is 6.82. The van der Waals surface area contributed by atoms with Crippen molar-refractivity contribution in [1.82, 2.24) is 20.0 Å². The summed E-state index contributed by atoms with van der Waals surface area (Å²) >= 11 is 5.04. The van der Waals surface area contributed by atoms with Gasteiger partial charge in [0, 0.05) is 17.8 Å². The van der Waals surface area contributed by atoms with Gasteiger partial charge in [0.05, 0.1) is 11.9 Å². The van der Waals surface area contributed by atoms with E-state index in [4.69, 9.17) is 12.2 Å². The molecule has 1 aromatic carbocycles. The Bertz CT molecular complexity index is 899. The molecule has 1 fully saturated rings. The SMILES string of the molecule is C=CCN1C(=O)C(=Cc2cnn(-c3ccccc3)c2C)C(=O)NC1=S. The predicted molar refractivity (Wildman–Crippen MR) is 98.9 cm³/mol. The Morgan fingerprint density at radius 1 is 1.28 bits per heavy atom. The van der Waals surface area contributed by atoms with Crippen molar-refractivity contribution in [3.05, 3.63) is 66.0 Å². The third-order valence-corrected chi connectivity index (χ3v) is 4.17. The first-order valence-electron chi connectivity index (χ1n) is 7.62. The first-order chi connectivity index (χ1) is 12.0. The second-order valence-electron chi connectivity index (χ2n) is 5.45. The fourth-order valence-corrected chi connectivity index (χ4v) is 2.79. The second-order valence-corrected chi connectivity index (χ2v) is 5.84. The lowest BCUT2D eigenvalue weighted by atomic mass is 10.1. The zero-order valence-corrected chi connectivity index (χ0v) is 14.4. The molecule has 0 saturated carbocycles. The number of para-hydroxylation sites is 1. The van der Waals surface area contributed by atoms with Gasteiger partial charge < -0.3 is 0 Å². The number of rotatable bonds is 4. The van der Waals surface area contributed by atoms with E-state index in [-0.39, 0.29) is 17.2 Å². The molecular formula is C18H16N4O2S. The zero-order chi connectivity index (χ0) is 18.0. The third-order valence-electron chi connectivity index (χ3n) is 3.85. The van der Waals surface area contributed by atoms with Crippen LogP contribution >= 0.6 is 12.2 Å². The number of carbonyl (C=O) groups is 2. The Labute approximate surface area is 150 Å². The van der Waals surface area contributed by atoms with Crippen molar-refractivity contribution in [1.29, 1.82) is 0 Å². The minimum atomic E-state index is -0.512. The fourth-order valence-electron chi connectivity index (χ4n) is 2.54. The fraction of sp³-hybridized carbons (Fsp3) is 0.111. The van der Waals surface area contributed by atoms with Crippen LogP contribution in [0.25, 0.3) is 11.8 Å². The molecule has 6 nitrogen and oxygen atoms in total. The van der Waals surface area contributed by atoms with Gasteiger partial charge in [0.1, 0.15) is 5.57 Å². The summed E-state index contributed by atoms with van der Waals surface area (Å²) in [5.74, 6) is -0.956. The molecule has 0 spiro atoms. The van der Waals surface area contributed by atoms with Crippen molar-refractivity contribution in [2.75, 3.05) is 6.54 Å². The van der Waals surface area contributed by atoms with Gasteiger partial charge in [0.25, 0.3) is 11.8 Å². The molecular weight excluding hydrogens is 336 g/mol. The molecule has 1 saturated heterocycles. The van der Waals surface area contributed by atoms with Gasteiger partial charge >= 0.3 is 0 Å². The number of aromatic nitrogens is 2. The highest BCUT2D eigenvalue weighted by atomic mass is 32.1. The minimum absolute atomic E-state index is 0.0196. The van der Waals surface area contributed by atoms with Gasteiger partial charge in [-0.05, 0) is 37.4 Å². The summed E-state index contributed by atoms with van der Waals surface area (Å²) in [5, 5.41) is 6.96. The van der Waals surface area contributed by atoms with E-state index in [0.717, 1.165) is 11.4 Å². The largest absolute Gasteiger partial charge is 0.298 e. The van der Waals surface area contributed by atoms with Crippen LogP contribution < -0.4 is 5.32 Å². The summed E-state index contributed by atoms with van der Waals surface area (Å²) in [6, 6.07) is 9.62. The Morgan fingerprint density at radius 3 is 2.68 bits per heavy atom. The maximum atomic E-state index is 12.6. The van der Waals surface area contributed by atoms with Crippen LogP contribution in [0.15, 0.2) is 54.8 Å². The summed E-state index contributed by atoms with van der Waals surface area (Å²) in [5.41, 5.74) is 2.43. The molecule has 1 aromatic heterocycles. The van der Waals surface area contributed by atoms with Crippen LogP contribution in [-0.4, -0.2) is 38.2 Å². The molecule has 2 heterocycles. The Hall–Kier alpha value is -3.06. The standard InChI is InChI=1S/C18H16N4O2S/c1-3-9-21-17(24)15(16(23)20-18(21)25)10-13-11-19-22(12(13)2)14-7-5-4-6-8-14/h3-8,10-11H,1,9H2,2H3,(H,20,23,25). The molecule has 25 heavy (non-hydrogen) atoms. The number of hydrogen-bond donors (Lipinski definition) is 1. The highest BCUT2D eigenvalue weighted by Gasteiger charge is 2.32. The lowest BCUT2D eigenvalue weighted by Gasteiger charge is -2.27. The van der Waals surface area contributed by atoms with Crippen LogP contribution in [0.5, 0.6) is 0 Å². The van der Waals surface area contributed by atoms with Gasteiger partial charge in [-0.2, -0.15) is 5.10 Å². The molecule has 2 aromatic rings. The van der Waals surface area contributed by atoms with Crippen molar-refractivity contribution in [3.8, 4) is 5.69 Å². The third kappa shape index (κ3) is 3.14. The molecule has 1 N–H and O–H groups in total. The van der Waals surface area contributed by atoms with Gasteiger partial charge in [0.15, 0.2) is 5.11 Å². The Morgan fingerprint density at radius 2 is 2.00 bits per heavy atom. The Kier molecular flexibility index (Phi) is 4.58. The summed E-state index contributed by atoms with van der Waals surface area (Å²) in [4.78, 5) is 26.1. The lowest BCUT2D eigenvalue weighted by molar-refractivity contribution is -0.128. The van der Waals surface area contributed by atoms with Crippen LogP contribution in [0.3, 0.4) is 0 Å². The molecule has 0 aliphatic carbocycles. The average molecular weight is 352 g/mol. The van der Waals surface area contributed by atoms with Gasteiger partial charge in [-0.15, -0.1) is 6.58 Å². The van der Waals surface area contributed by atoms with Crippen molar-refractivity contribution in [2.45, 2.75) is 6.92 Å². The number of nitrogens with one attached hydrogen (secondary N) is 1. The van der Waals surface area contributed by atoms with Crippen molar-refractivity contribution in [3.63, 3.8) is 0 Å². The van der Waals surface area contributed by atoms with E-state index >= 15 is 0 Å². The van der Waals surface area contributed by atoms with Gasteiger partial charge in [-0.25, -0.2) is 4.68 Å². The van der Waals surface area contributed by atoms with E-state index in [9.17, 15) is 9.59 Å². The smallest absolute Gasteiger partial charge is 0.265 e. The van der Waals surface area contributed by atoms with E-state index in [2.05, 4.69) is 17.0 Å². The monoisotopic (exact) mass is 352 g/mol. The van der Waals surface area contributed by atoms with E-state index in [0.29, 0.717) is 5.56 Å². The first kappa shape index (κ1) is 16.8. The number of thiocarbonyl (C=S) groups is 1. The predicted octanol–water partition coefficient (Wildman–Crippen LogP) is 1.99. The number of hydrogen-bond acceptors (Lipinski definition) is 4. The summed E-state index contributed by atoms with van der Waals surface area (Å²) < 4.78 is 1.75. The highest BCUT2D eigenvalue weighted by Crippen LogP contribution is 2.19. The molecule has 7 heteroatoms. The normalized spacial score (nSPS) is 16.3. The van der Waals surface area contributed by atoms with Crippen molar-refractivity contribution >= 4 is 35.2 Å². The molecule has 1 aliphatic rings. The van der Waals surface area contributed by atoms with Gasteiger partial charge in [-0.1, -0.05) is 24.3 Å². The molecule has 0 bridgehead atoms. The first-order valence-corrected chi connectivity index (χ1v) is 8.03. The molecule has 0 atom stereocenters. The summed E-state index contributed by atoms with van der Waals surface area (Å²) in [7, 11) is 0. The maximum absolute atomic E-state index is 12.6. The topological polar surface area (TPSA) is 67.2 Å². The van der Waals surface area contributed by atoms with E-state index < -0.39 is 11.8 Å². The quantitative estimate of drug-likeness (QED) is 0.396. The van der Waals surface area contributed by atoms with Crippen LogP contribution in [0, 0.1) is 6.92 Å². The van der Waals surface area contributed by atoms with E-state index in [1.165, 1.54) is 11.0 Å². The van der Waals surface area contributed by atoms with Crippen LogP contribution in [0.2, 0.25) is 0 Å². The lowest BCUT2D eigenvalue weighted by Crippen LogP contribution is -2.53. The molecule has 2 amide bonds. The van der Waals surface area contributed by atoms with E-state index in [1.54, 1.807) is 17.0 Å². The average Bonchev–Trinajstić information content (AvgIpc) is 2.97. The molecule has 0 radical (unpaired) electrons. The number of benzene rings is 1. The molecule has 0 unspecified atom stereocenters. The molecule has 1 aliphatic heterocycles. The van der Waals surface area contributed by atoms with Crippen LogP contribution in [0.1, 0.15) is 11.3 Å². The number of carbonyl (C=O) groups excluding carboxylic acids is 2. The maximum Gasteiger partial charge on any atom is 0.265 e. The Balaban J connectivity index is 1.99. The van der Waals surface area contributed by atoms with Crippen LogP contribution in [-0.2, 0) is 9.59 Å². The highest BCUT2D eigenvalue weighted by molar-refractivity contribution is 7.80. The van der Waals surface area contributed by atoms with Crippen molar-refractivity contribution < 1.29 is 9.59 Å².